The Hall–Kier alpha value is -3.34. The van der Waals surface area contributed by atoms with E-state index in [1.807, 2.05) is 19.2 Å². The number of non-ortho nitro benzene ring substituents is 1. The van der Waals surface area contributed by atoms with Crippen LogP contribution in [0, 0.1) is 10.1 Å². The molecule has 0 unspecified atom stereocenters. The summed E-state index contributed by atoms with van der Waals surface area (Å²) in [5, 5.41) is 10.8. The first-order valence-corrected chi connectivity index (χ1v) is 11.0. The average Bonchev–Trinajstić information content (AvgIpc) is 2.74. The molecule has 0 fully saturated rings. The van der Waals surface area contributed by atoms with Crippen molar-refractivity contribution in [3.8, 4) is 11.1 Å². The van der Waals surface area contributed by atoms with Crippen molar-refractivity contribution in [3.63, 3.8) is 0 Å². The summed E-state index contributed by atoms with van der Waals surface area (Å²) in [4.78, 5) is 16.5. The number of benzene rings is 2. The second kappa shape index (κ2) is 9.65. The number of hydrogen-bond acceptors (Lipinski definition) is 7. The molecule has 162 valence electrons. The number of rotatable bonds is 9. The Morgan fingerprint density at radius 3 is 2.52 bits per heavy atom. The molecule has 0 saturated heterocycles. The molecule has 0 atom stereocenters. The third kappa shape index (κ3) is 5.85. The van der Waals surface area contributed by atoms with Crippen molar-refractivity contribution in [2.45, 2.75) is 11.4 Å². The van der Waals surface area contributed by atoms with Gasteiger partial charge in [-0.2, -0.15) is 0 Å². The second-order valence-corrected chi connectivity index (χ2v) is 8.73. The van der Waals surface area contributed by atoms with Gasteiger partial charge in [0.25, 0.3) is 15.7 Å². The number of nitro groups is 1. The molecule has 0 radical (unpaired) electrons. The normalized spacial score (nSPS) is 11.5. The van der Waals surface area contributed by atoms with Crippen molar-refractivity contribution in [3.05, 3.63) is 82.7 Å². The quantitative estimate of drug-likeness (QED) is 0.385. The smallest absolute Gasteiger partial charge is 0.269 e. The average molecular weight is 442 g/mol. The van der Waals surface area contributed by atoms with E-state index in [1.54, 1.807) is 30.6 Å². The van der Waals surface area contributed by atoms with Gasteiger partial charge in [-0.25, -0.2) is 8.42 Å². The Kier molecular flexibility index (Phi) is 6.95. The van der Waals surface area contributed by atoms with E-state index in [1.165, 1.54) is 12.1 Å². The van der Waals surface area contributed by atoms with Gasteiger partial charge in [0.2, 0.25) is 0 Å². The van der Waals surface area contributed by atoms with Crippen molar-refractivity contribution in [2.24, 2.45) is 5.73 Å². The van der Waals surface area contributed by atoms with Crippen LogP contribution < -0.4 is 10.5 Å². The first kappa shape index (κ1) is 22.3. The lowest BCUT2D eigenvalue weighted by atomic mass is 10.1. The van der Waals surface area contributed by atoms with Gasteiger partial charge < -0.3 is 10.6 Å². The molecule has 31 heavy (non-hydrogen) atoms. The number of nitro benzene ring substituents is 1. The number of hydrogen-bond donors (Lipinski definition) is 2. The van der Waals surface area contributed by atoms with Crippen molar-refractivity contribution in [2.75, 3.05) is 24.9 Å². The summed E-state index contributed by atoms with van der Waals surface area (Å²) < 4.78 is 27.8. The summed E-state index contributed by atoms with van der Waals surface area (Å²) in [7, 11) is -1.91. The van der Waals surface area contributed by atoms with Crippen LogP contribution in [0.1, 0.15) is 5.56 Å². The number of nitrogens with one attached hydrogen (secondary N) is 1. The number of sulfonamides is 1. The van der Waals surface area contributed by atoms with E-state index in [-0.39, 0.29) is 10.6 Å². The molecule has 2 aromatic carbocycles. The summed E-state index contributed by atoms with van der Waals surface area (Å²) in [5.74, 6) is 0. The fourth-order valence-corrected chi connectivity index (χ4v) is 4.12. The van der Waals surface area contributed by atoms with Gasteiger partial charge in [-0.3, -0.25) is 19.8 Å². The molecular formula is C21H23N5O4S. The highest BCUT2D eigenvalue weighted by atomic mass is 32.2. The van der Waals surface area contributed by atoms with Crippen molar-refractivity contribution >= 4 is 21.4 Å². The maximum atomic E-state index is 12.7. The minimum absolute atomic E-state index is 0.0601. The Morgan fingerprint density at radius 1 is 1.10 bits per heavy atom. The SMILES string of the molecule is CN(CCN)Cc1cncc(-c2cccc(NS(=O)(=O)c3ccc([N+](=O)[O-])cc3)c2)c1. The number of aromatic nitrogens is 1. The molecule has 3 N–H and O–H groups in total. The van der Waals surface area contributed by atoms with Gasteiger partial charge in [-0.05, 0) is 48.5 Å². The summed E-state index contributed by atoms with van der Waals surface area (Å²) in [6, 6.07) is 13.7. The Balaban J connectivity index is 1.81. The topological polar surface area (TPSA) is 131 Å². The zero-order chi connectivity index (χ0) is 22.4. The lowest BCUT2D eigenvalue weighted by Gasteiger charge is -2.15. The highest BCUT2D eigenvalue weighted by Gasteiger charge is 2.16. The third-order valence-electron chi connectivity index (χ3n) is 4.56. The highest BCUT2D eigenvalue weighted by molar-refractivity contribution is 7.92. The number of anilines is 1. The van der Waals surface area contributed by atoms with E-state index in [0.717, 1.165) is 35.4 Å². The van der Waals surface area contributed by atoms with Crippen molar-refractivity contribution in [1.29, 1.82) is 0 Å². The van der Waals surface area contributed by atoms with Crippen molar-refractivity contribution < 1.29 is 13.3 Å². The molecule has 0 spiro atoms. The minimum Gasteiger partial charge on any atom is -0.329 e. The van der Waals surface area contributed by atoms with Crippen LogP contribution in [0.3, 0.4) is 0 Å². The van der Waals surface area contributed by atoms with Gasteiger partial charge in [0, 0.05) is 55.4 Å². The fraction of sp³-hybridized carbons (Fsp3) is 0.190. The van der Waals surface area contributed by atoms with Gasteiger partial charge >= 0.3 is 0 Å². The summed E-state index contributed by atoms with van der Waals surface area (Å²) in [6.07, 6.45) is 3.51. The largest absolute Gasteiger partial charge is 0.329 e. The van der Waals surface area contributed by atoms with E-state index in [4.69, 9.17) is 5.73 Å². The van der Waals surface area contributed by atoms with Crippen LogP contribution in [0.5, 0.6) is 0 Å². The summed E-state index contributed by atoms with van der Waals surface area (Å²) >= 11 is 0. The van der Waals surface area contributed by atoms with Crippen LogP contribution in [-0.4, -0.2) is 43.4 Å². The molecule has 10 heteroatoms. The number of nitrogens with two attached hydrogens (primary N) is 1. The van der Waals surface area contributed by atoms with Crippen molar-refractivity contribution in [1.82, 2.24) is 9.88 Å². The maximum Gasteiger partial charge on any atom is 0.269 e. The van der Waals surface area contributed by atoms with Crippen LogP contribution in [0.4, 0.5) is 11.4 Å². The van der Waals surface area contributed by atoms with Gasteiger partial charge in [0.15, 0.2) is 0 Å². The molecule has 0 bridgehead atoms. The minimum atomic E-state index is -3.89. The van der Waals surface area contributed by atoms with E-state index >= 15 is 0 Å². The van der Waals surface area contributed by atoms with E-state index in [9.17, 15) is 18.5 Å². The third-order valence-corrected chi connectivity index (χ3v) is 5.96. The van der Waals surface area contributed by atoms with E-state index in [2.05, 4.69) is 14.6 Å². The number of pyridine rings is 1. The second-order valence-electron chi connectivity index (χ2n) is 7.05. The number of likely N-dealkylation sites (N-methyl/N-ethyl adjacent to an activating group) is 1. The van der Waals surface area contributed by atoms with Crippen LogP contribution >= 0.6 is 0 Å². The zero-order valence-electron chi connectivity index (χ0n) is 16.9. The predicted octanol–water partition coefficient (Wildman–Crippen LogP) is 2.85. The summed E-state index contributed by atoms with van der Waals surface area (Å²) in [6.45, 7) is 2.04. The Morgan fingerprint density at radius 2 is 1.84 bits per heavy atom. The van der Waals surface area contributed by atoms with Crippen LogP contribution in [0.25, 0.3) is 11.1 Å². The molecule has 0 aliphatic heterocycles. The summed E-state index contributed by atoms with van der Waals surface area (Å²) in [5.41, 5.74) is 8.47. The monoisotopic (exact) mass is 441 g/mol. The first-order chi connectivity index (χ1) is 14.8. The molecule has 3 aromatic rings. The predicted molar refractivity (Wildman–Crippen MR) is 119 cm³/mol. The molecule has 0 amide bonds. The van der Waals surface area contributed by atoms with Gasteiger partial charge in [-0.15, -0.1) is 0 Å². The molecule has 0 aliphatic rings. The molecule has 1 heterocycles. The highest BCUT2D eigenvalue weighted by Crippen LogP contribution is 2.25. The van der Waals surface area contributed by atoms with Crippen LogP contribution in [-0.2, 0) is 16.6 Å². The van der Waals surface area contributed by atoms with Gasteiger partial charge in [0.1, 0.15) is 0 Å². The molecule has 0 saturated carbocycles. The number of nitrogens with zero attached hydrogens (tertiary/aromatic N) is 3. The standard InChI is InChI=1S/C21H23N5O4S/c1-25(10-9-22)15-16-11-18(14-23-13-16)17-3-2-4-19(12-17)24-31(29,30)21-7-5-20(6-8-21)26(27)28/h2-8,11-14,24H,9-10,15,22H2,1H3. The lowest BCUT2D eigenvalue weighted by molar-refractivity contribution is -0.384. The Labute approximate surface area is 180 Å². The van der Waals surface area contributed by atoms with Crippen LogP contribution in [0.2, 0.25) is 0 Å². The Bertz CT molecular complexity index is 1170. The lowest BCUT2D eigenvalue weighted by Crippen LogP contribution is -2.25. The van der Waals surface area contributed by atoms with Gasteiger partial charge in [-0.1, -0.05) is 12.1 Å². The van der Waals surface area contributed by atoms with Gasteiger partial charge in [0.05, 0.1) is 9.82 Å². The molecule has 0 aliphatic carbocycles. The molecule has 1 aromatic heterocycles. The molecular weight excluding hydrogens is 418 g/mol. The fourth-order valence-electron chi connectivity index (χ4n) is 3.07. The van der Waals surface area contributed by atoms with Crippen LogP contribution in [0.15, 0.2) is 71.9 Å². The molecule has 3 rings (SSSR count). The van der Waals surface area contributed by atoms with E-state index in [0.29, 0.717) is 18.8 Å². The van der Waals surface area contributed by atoms with E-state index < -0.39 is 14.9 Å². The maximum absolute atomic E-state index is 12.7. The first-order valence-electron chi connectivity index (χ1n) is 9.49. The molecule has 9 nitrogen and oxygen atoms in total. The zero-order valence-corrected chi connectivity index (χ0v) is 17.7.